The van der Waals surface area contributed by atoms with Crippen molar-refractivity contribution in [1.82, 2.24) is 5.32 Å². The van der Waals surface area contributed by atoms with Crippen LogP contribution in [0.3, 0.4) is 0 Å². The quantitative estimate of drug-likeness (QED) is 0.765. The van der Waals surface area contributed by atoms with Crippen LogP contribution in [0, 0.1) is 5.82 Å². The van der Waals surface area contributed by atoms with Crippen LogP contribution in [-0.4, -0.2) is 22.9 Å². The van der Waals surface area contributed by atoms with Crippen molar-refractivity contribution < 1.29 is 23.5 Å². The first-order valence-corrected chi connectivity index (χ1v) is 6.33. The number of nitrogens with one attached hydrogen (secondary N) is 1. The van der Waals surface area contributed by atoms with E-state index in [1.54, 1.807) is 12.1 Å². The Morgan fingerprint density at radius 2 is 1.95 bits per heavy atom. The zero-order chi connectivity index (χ0) is 15.2. The molecule has 0 aliphatic carbocycles. The highest BCUT2D eigenvalue weighted by molar-refractivity contribution is 5.98. The Hall–Kier alpha value is -2.47. The number of carbonyl (C=O) groups excluding carboxylic acids is 1. The van der Waals surface area contributed by atoms with Crippen LogP contribution in [0.4, 0.5) is 4.39 Å². The molecule has 2 rings (SSSR count). The van der Waals surface area contributed by atoms with Crippen LogP contribution < -0.4 is 5.32 Å². The van der Waals surface area contributed by atoms with Gasteiger partial charge >= 0.3 is 5.97 Å². The molecule has 1 atom stereocenters. The molecule has 0 fully saturated rings. The van der Waals surface area contributed by atoms with E-state index in [1.165, 1.54) is 30.5 Å². The normalized spacial score (nSPS) is 12.0. The molecule has 0 saturated carbocycles. The van der Waals surface area contributed by atoms with Crippen molar-refractivity contribution >= 4 is 11.8 Å². The summed E-state index contributed by atoms with van der Waals surface area (Å²) < 4.78 is 17.9. The number of carbonyl (C=O) groups is 2. The van der Waals surface area contributed by atoms with Crippen molar-refractivity contribution in [2.24, 2.45) is 0 Å². The number of benzene rings is 1. The minimum atomic E-state index is -1.13. The summed E-state index contributed by atoms with van der Waals surface area (Å²) in [6, 6.07) is 7.36. The molecule has 0 aliphatic heterocycles. The summed E-state index contributed by atoms with van der Waals surface area (Å²) in [6.45, 7) is 0.209. The van der Waals surface area contributed by atoms with E-state index >= 15 is 0 Å². The third-order valence-corrected chi connectivity index (χ3v) is 2.96. The predicted molar refractivity (Wildman–Crippen MR) is 72.3 cm³/mol. The highest BCUT2D eigenvalue weighted by Gasteiger charge is 2.21. The third-order valence-electron chi connectivity index (χ3n) is 2.96. The minimum Gasteiger partial charge on any atom is -0.480 e. The van der Waals surface area contributed by atoms with Crippen LogP contribution in [0.5, 0.6) is 0 Å². The van der Waals surface area contributed by atoms with Gasteiger partial charge in [-0.15, -0.1) is 0 Å². The van der Waals surface area contributed by atoms with Crippen LogP contribution in [0.1, 0.15) is 22.5 Å². The van der Waals surface area contributed by atoms with Gasteiger partial charge in [-0.05, 0) is 36.4 Å². The van der Waals surface area contributed by atoms with Crippen molar-refractivity contribution in [3.63, 3.8) is 0 Å². The van der Waals surface area contributed by atoms with Crippen LogP contribution in [0.15, 0.2) is 47.1 Å². The van der Waals surface area contributed by atoms with Gasteiger partial charge in [-0.2, -0.15) is 0 Å². The summed E-state index contributed by atoms with van der Waals surface area (Å²) in [5.41, 5.74) is 0.280. The Balaban J connectivity index is 1.97. The van der Waals surface area contributed by atoms with E-state index in [4.69, 9.17) is 9.52 Å². The molecule has 0 aliphatic rings. The molecular formula is C15H14FNO4. The number of rotatable bonds is 7. The zero-order valence-electron chi connectivity index (χ0n) is 11.1. The maximum atomic E-state index is 12.8. The first-order chi connectivity index (χ1) is 10.1. The number of halogens is 1. The van der Waals surface area contributed by atoms with Crippen LogP contribution in [0.2, 0.25) is 0 Å². The monoisotopic (exact) mass is 291 g/mol. The van der Waals surface area contributed by atoms with Crippen LogP contribution in [0.25, 0.3) is 0 Å². The second kappa shape index (κ2) is 6.81. The molecule has 1 heterocycles. The predicted octanol–water partition coefficient (Wildman–Crippen LogP) is 2.23. The van der Waals surface area contributed by atoms with Gasteiger partial charge in [0.05, 0.1) is 12.8 Å². The molecule has 5 nitrogen and oxygen atoms in total. The molecular weight excluding hydrogens is 277 g/mol. The number of carboxylic acid groups (broad SMARTS) is 1. The van der Waals surface area contributed by atoms with Crippen molar-refractivity contribution in [3.05, 3.63) is 59.8 Å². The fourth-order valence-electron chi connectivity index (χ4n) is 1.82. The molecule has 2 aromatic rings. The SMILES string of the molecule is O=C(CC(NCc1ccco1)C(=O)O)c1ccc(F)cc1. The molecule has 1 aromatic heterocycles. The van der Waals surface area contributed by atoms with E-state index in [1.807, 2.05) is 0 Å². The lowest BCUT2D eigenvalue weighted by atomic mass is 10.0. The number of furan rings is 1. The third kappa shape index (κ3) is 4.25. The average molecular weight is 291 g/mol. The maximum absolute atomic E-state index is 12.8. The second-order valence-electron chi connectivity index (χ2n) is 4.49. The number of carboxylic acids is 1. The van der Waals surface area contributed by atoms with Crippen molar-refractivity contribution in [1.29, 1.82) is 0 Å². The summed E-state index contributed by atoms with van der Waals surface area (Å²) in [4.78, 5) is 23.2. The van der Waals surface area contributed by atoms with Gasteiger partial charge in [0.1, 0.15) is 17.6 Å². The Kier molecular flexibility index (Phi) is 4.84. The van der Waals surface area contributed by atoms with Crippen molar-refractivity contribution in [2.75, 3.05) is 0 Å². The standard InChI is InChI=1S/C15H14FNO4/c16-11-5-3-10(4-6-11)14(18)8-13(15(19)20)17-9-12-2-1-7-21-12/h1-7,13,17H,8-9H2,(H,19,20). The molecule has 21 heavy (non-hydrogen) atoms. The molecule has 0 spiro atoms. The van der Waals surface area contributed by atoms with Crippen LogP contribution >= 0.6 is 0 Å². The first-order valence-electron chi connectivity index (χ1n) is 6.33. The molecule has 6 heteroatoms. The Morgan fingerprint density at radius 1 is 1.24 bits per heavy atom. The average Bonchev–Trinajstić information content (AvgIpc) is 2.96. The first kappa shape index (κ1) is 14.9. The molecule has 1 aromatic carbocycles. The minimum absolute atomic E-state index is 0.209. The molecule has 0 radical (unpaired) electrons. The molecule has 1 unspecified atom stereocenters. The Labute approximate surface area is 120 Å². The Morgan fingerprint density at radius 3 is 2.52 bits per heavy atom. The number of Topliss-reactive ketones (excluding diaryl/α,β-unsaturated/α-hetero) is 1. The highest BCUT2D eigenvalue weighted by Crippen LogP contribution is 2.09. The summed E-state index contributed by atoms with van der Waals surface area (Å²) in [5, 5.41) is 11.9. The second-order valence-corrected chi connectivity index (χ2v) is 4.49. The van der Waals surface area contributed by atoms with E-state index < -0.39 is 17.8 Å². The van der Waals surface area contributed by atoms with E-state index in [-0.39, 0.29) is 24.3 Å². The highest BCUT2D eigenvalue weighted by atomic mass is 19.1. The van der Waals surface area contributed by atoms with E-state index in [2.05, 4.69) is 5.32 Å². The summed E-state index contributed by atoms with van der Waals surface area (Å²) in [5.74, 6) is -1.36. The smallest absolute Gasteiger partial charge is 0.321 e. The molecule has 110 valence electrons. The number of aliphatic carboxylic acids is 1. The van der Waals surface area contributed by atoms with Gasteiger partial charge in [0.15, 0.2) is 5.78 Å². The number of hydrogen-bond acceptors (Lipinski definition) is 4. The van der Waals surface area contributed by atoms with E-state index in [9.17, 15) is 14.0 Å². The summed E-state index contributed by atoms with van der Waals surface area (Å²) in [7, 11) is 0. The van der Waals surface area contributed by atoms with Gasteiger partial charge in [-0.3, -0.25) is 14.9 Å². The number of hydrogen-bond donors (Lipinski definition) is 2. The lowest BCUT2D eigenvalue weighted by Gasteiger charge is -2.12. The van der Waals surface area contributed by atoms with Gasteiger partial charge in [0.25, 0.3) is 0 Å². The maximum Gasteiger partial charge on any atom is 0.321 e. The van der Waals surface area contributed by atoms with Gasteiger partial charge in [-0.25, -0.2) is 4.39 Å². The summed E-state index contributed by atoms with van der Waals surface area (Å²) in [6.07, 6.45) is 1.26. The van der Waals surface area contributed by atoms with E-state index in [0.29, 0.717) is 5.76 Å². The van der Waals surface area contributed by atoms with Crippen molar-refractivity contribution in [2.45, 2.75) is 19.0 Å². The lowest BCUT2D eigenvalue weighted by molar-refractivity contribution is -0.139. The van der Waals surface area contributed by atoms with E-state index in [0.717, 1.165) is 0 Å². The van der Waals surface area contributed by atoms with Gasteiger partial charge in [0.2, 0.25) is 0 Å². The Bertz CT molecular complexity index is 607. The fraction of sp³-hybridized carbons (Fsp3) is 0.200. The molecule has 2 N–H and O–H groups in total. The van der Waals surface area contributed by atoms with Gasteiger partial charge in [0, 0.05) is 12.0 Å². The van der Waals surface area contributed by atoms with Gasteiger partial charge < -0.3 is 9.52 Å². The molecule has 0 amide bonds. The zero-order valence-corrected chi connectivity index (χ0v) is 11.1. The number of ketones is 1. The van der Waals surface area contributed by atoms with Crippen molar-refractivity contribution in [3.8, 4) is 0 Å². The molecule has 0 bridgehead atoms. The largest absolute Gasteiger partial charge is 0.480 e. The summed E-state index contributed by atoms with van der Waals surface area (Å²) >= 11 is 0. The lowest BCUT2D eigenvalue weighted by Crippen LogP contribution is -2.38. The topological polar surface area (TPSA) is 79.5 Å². The fourth-order valence-corrected chi connectivity index (χ4v) is 1.82. The van der Waals surface area contributed by atoms with Gasteiger partial charge in [-0.1, -0.05) is 0 Å². The van der Waals surface area contributed by atoms with Crippen LogP contribution in [-0.2, 0) is 11.3 Å². The molecule has 0 saturated heterocycles.